The summed E-state index contributed by atoms with van der Waals surface area (Å²) in [6.45, 7) is 15.5. The van der Waals surface area contributed by atoms with Crippen LogP contribution in [0.2, 0.25) is 0 Å². The summed E-state index contributed by atoms with van der Waals surface area (Å²) in [5.74, 6) is -1.48. The maximum atomic E-state index is 10.9. The van der Waals surface area contributed by atoms with Crippen molar-refractivity contribution in [3.05, 3.63) is 94.7 Å². The van der Waals surface area contributed by atoms with E-state index >= 15 is 0 Å². The molecule has 2 aromatic rings. The zero-order chi connectivity index (χ0) is 36.6. The molecule has 0 amide bonds. The number of hydrogen-bond donors (Lipinski definition) is 2. The molecular weight excluding hydrogens is 624 g/mol. The van der Waals surface area contributed by atoms with Gasteiger partial charge in [0.05, 0.1) is 5.41 Å². The van der Waals surface area contributed by atoms with Crippen LogP contribution in [0.4, 0.5) is 11.4 Å². The number of hydrogen-bond acceptors (Lipinski definition) is 5. The second kappa shape index (κ2) is 16.8. The maximum Gasteiger partial charge on any atom is 0.303 e. The molecule has 0 atom stereocenters. The van der Waals surface area contributed by atoms with E-state index in [2.05, 4.69) is 135 Å². The lowest BCUT2D eigenvalue weighted by Crippen LogP contribution is -2.27. The second-order valence-electron chi connectivity index (χ2n) is 15.2. The molecule has 270 valence electrons. The summed E-state index contributed by atoms with van der Waals surface area (Å²) in [5, 5.41) is 18.0. The number of unbranched alkanes of at least 4 members (excludes halogenated alkanes) is 1. The first-order valence-electron chi connectivity index (χ1n) is 18.2. The van der Waals surface area contributed by atoms with Gasteiger partial charge in [-0.15, -0.1) is 0 Å². The summed E-state index contributed by atoms with van der Waals surface area (Å²) < 4.78 is 2.29. The summed E-state index contributed by atoms with van der Waals surface area (Å²) >= 11 is 0. The van der Waals surface area contributed by atoms with Crippen LogP contribution < -0.4 is 4.90 Å². The Labute approximate surface area is 300 Å². The van der Waals surface area contributed by atoms with E-state index in [0.29, 0.717) is 12.8 Å². The molecule has 2 aliphatic rings. The molecule has 0 unspecified atom stereocenters. The van der Waals surface area contributed by atoms with E-state index in [1.807, 2.05) is 7.05 Å². The van der Waals surface area contributed by atoms with Crippen molar-refractivity contribution in [3.8, 4) is 0 Å². The van der Waals surface area contributed by atoms with E-state index in [1.54, 1.807) is 0 Å². The minimum absolute atomic E-state index is 0.152. The largest absolute Gasteiger partial charge is 0.481 e. The molecule has 0 saturated carbocycles. The summed E-state index contributed by atoms with van der Waals surface area (Å²) in [4.78, 5) is 28.7. The summed E-state index contributed by atoms with van der Waals surface area (Å²) in [6.07, 6.45) is 14.9. The molecule has 0 aromatic heterocycles. The molecular formula is C42H59N4O4+. The van der Waals surface area contributed by atoms with Gasteiger partial charge in [0, 0.05) is 67.0 Å². The van der Waals surface area contributed by atoms with Crippen molar-refractivity contribution in [1.29, 1.82) is 0 Å². The first-order chi connectivity index (χ1) is 23.7. The standard InChI is InChI=1S/C42H58N4O4/c1-9-10-26-46-36-23-21-32(30-44(7)25-15-19-40(49)50)28-34(36)42(4,5)38(46)17-13-11-12-16-37-41(2,3)33-27-31(20-22-35(33)45(37)8)29-43(6)24-14-18-39(47)48/h11-13,16-17,20-23,27-28H,9-10,14-15,18-19,24-26,29-30H2,1-8H3,(H-,47,48,49,50)/p+1. The van der Waals surface area contributed by atoms with E-state index in [9.17, 15) is 9.59 Å². The van der Waals surface area contributed by atoms with Crippen LogP contribution in [-0.2, 0) is 33.5 Å². The van der Waals surface area contributed by atoms with Crippen molar-refractivity contribution in [1.82, 2.24) is 9.80 Å². The van der Waals surface area contributed by atoms with E-state index in [4.69, 9.17) is 10.2 Å². The number of nitrogens with zero attached hydrogens (tertiary/aromatic N) is 4. The van der Waals surface area contributed by atoms with Crippen molar-refractivity contribution >= 4 is 29.0 Å². The lowest BCUT2D eigenvalue weighted by molar-refractivity contribution is -0.401. The molecule has 0 bridgehead atoms. The third-order valence-corrected chi connectivity index (χ3v) is 10.3. The summed E-state index contributed by atoms with van der Waals surface area (Å²) in [6, 6.07) is 13.6. The fourth-order valence-electron chi connectivity index (χ4n) is 7.50. The first-order valence-corrected chi connectivity index (χ1v) is 18.2. The Morgan fingerprint density at radius 3 is 1.96 bits per heavy atom. The fourth-order valence-corrected chi connectivity index (χ4v) is 7.50. The van der Waals surface area contributed by atoms with Crippen molar-refractivity contribution in [2.45, 2.75) is 97.1 Å². The number of rotatable bonds is 18. The fraction of sp³-hybridized carbons (Fsp3) is 0.500. The Kier molecular flexibility index (Phi) is 13.0. The Balaban J connectivity index is 1.48. The van der Waals surface area contributed by atoms with Crippen molar-refractivity contribution < 1.29 is 24.4 Å². The lowest BCUT2D eigenvalue weighted by atomic mass is 9.80. The molecule has 8 nitrogen and oxygen atoms in total. The molecule has 0 spiro atoms. The van der Waals surface area contributed by atoms with Gasteiger partial charge in [-0.2, -0.15) is 4.58 Å². The minimum atomic E-state index is -0.743. The number of anilines is 1. The average Bonchev–Trinajstić information content (AvgIpc) is 3.36. The molecule has 2 N–H and O–H groups in total. The van der Waals surface area contributed by atoms with Gasteiger partial charge >= 0.3 is 11.9 Å². The van der Waals surface area contributed by atoms with Gasteiger partial charge in [0.2, 0.25) is 5.69 Å². The molecule has 4 rings (SSSR count). The van der Waals surface area contributed by atoms with Crippen LogP contribution in [0.3, 0.4) is 0 Å². The SMILES string of the molecule is CCCCN1C(=CC=CC=CC2=[N+](C)c3ccc(CN(C)CCCC(=O)O)cc3C2(C)C)C(C)(C)c2cc(CN(C)CCCC(=O)O)ccc21. The normalized spacial score (nSPS) is 17.2. The molecule has 8 heteroatoms. The van der Waals surface area contributed by atoms with Crippen LogP contribution in [0.15, 0.2) is 72.5 Å². The van der Waals surface area contributed by atoms with Gasteiger partial charge in [0.25, 0.3) is 0 Å². The van der Waals surface area contributed by atoms with E-state index in [1.165, 1.54) is 45.0 Å². The summed E-state index contributed by atoms with van der Waals surface area (Å²) in [7, 11) is 6.25. The van der Waals surface area contributed by atoms with Gasteiger partial charge in [-0.3, -0.25) is 9.59 Å². The highest BCUT2D eigenvalue weighted by atomic mass is 16.4. The Bertz CT molecular complexity index is 1670. The van der Waals surface area contributed by atoms with Crippen LogP contribution in [-0.4, -0.2) is 83.0 Å². The highest BCUT2D eigenvalue weighted by Gasteiger charge is 2.43. The molecule has 2 heterocycles. The van der Waals surface area contributed by atoms with Crippen LogP contribution >= 0.6 is 0 Å². The average molecular weight is 684 g/mol. The van der Waals surface area contributed by atoms with Crippen LogP contribution in [0, 0.1) is 0 Å². The highest BCUT2D eigenvalue weighted by molar-refractivity contribution is 6.03. The number of fused-ring (bicyclic) bond motifs is 2. The van der Waals surface area contributed by atoms with E-state index in [0.717, 1.165) is 45.6 Å². The predicted molar refractivity (Wildman–Crippen MR) is 205 cm³/mol. The van der Waals surface area contributed by atoms with Gasteiger partial charge < -0.3 is 24.9 Å². The van der Waals surface area contributed by atoms with Gasteiger partial charge in [0.1, 0.15) is 7.05 Å². The van der Waals surface area contributed by atoms with Crippen molar-refractivity contribution in [2.24, 2.45) is 0 Å². The van der Waals surface area contributed by atoms with Gasteiger partial charge in [0.15, 0.2) is 5.71 Å². The predicted octanol–water partition coefficient (Wildman–Crippen LogP) is 7.88. The smallest absolute Gasteiger partial charge is 0.303 e. The quantitative estimate of drug-likeness (QED) is 0.122. The molecule has 0 fully saturated rings. The maximum absolute atomic E-state index is 10.9. The number of allylic oxidation sites excluding steroid dienone is 6. The third-order valence-electron chi connectivity index (χ3n) is 10.3. The van der Waals surface area contributed by atoms with E-state index < -0.39 is 11.9 Å². The zero-order valence-corrected chi connectivity index (χ0v) is 31.6. The van der Waals surface area contributed by atoms with Crippen LogP contribution in [0.5, 0.6) is 0 Å². The molecule has 0 aliphatic carbocycles. The second-order valence-corrected chi connectivity index (χ2v) is 15.2. The Hall–Kier alpha value is -4.01. The molecule has 2 aromatic carbocycles. The number of aliphatic carboxylic acids is 2. The lowest BCUT2D eigenvalue weighted by Gasteiger charge is -2.27. The topological polar surface area (TPSA) is 87.3 Å². The molecule has 2 aliphatic heterocycles. The van der Waals surface area contributed by atoms with Gasteiger partial charge in [-0.05, 0) is 95.2 Å². The number of carboxylic acid groups (broad SMARTS) is 2. The zero-order valence-electron chi connectivity index (χ0n) is 31.6. The Morgan fingerprint density at radius 1 is 0.800 bits per heavy atom. The van der Waals surface area contributed by atoms with Gasteiger partial charge in [-0.1, -0.05) is 63.6 Å². The van der Waals surface area contributed by atoms with Gasteiger partial charge in [-0.25, -0.2) is 0 Å². The monoisotopic (exact) mass is 683 g/mol. The Morgan fingerprint density at radius 2 is 1.38 bits per heavy atom. The number of carboxylic acids is 2. The first kappa shape index (κ1) is 38.8. The molecule has 50 heavy (non-hydrogen) atoms. The van der Waals surface area contributed by atoms with E-state index in [-0.39, 0.29) is 23.7 Å². The molecule has 0 radical (unpaired) electrons. The molecule has 0 saturated heterocycles. The summed E-state index contributed by atoms with van der Waals surface area (Å²) in [5.41, 5.74) is 9.89. The van der Waals surface area contributed by atoms with Crippen LogP contribution in [0.1, 0.15) is 95.4 Å². The highest BCUT2D eigenvalue weighted by Crippen LogP contribution is 2.48. The minimum Gasteiger partial charge on any atom is -0.481 e. The van der Waals surface area contributed by atoms with Crippen molar-refractivity contribution in [2.75, 3.05) is 45.7 Å². The van der Waals surface area contributed by atoms with Crippen LogP contribution in [0.25, 0.3) is 0 Å². The number of benzene rings is 2. The third kappa shape index (κ3) is 9.20. The number of carbonyl (C=O) groups is 2. The van der Waals surface area contributed by atoms with Crippen molar-refractivity contribution in [3.63, 3.8) is 0 Å².